The molecule has 0 nitrogen and oxygen atoms in total. The third-order valence-electron chi connectivity index (χ3n) is 1.02. The predicted molar refractivity (Wildman–Crippen MR) is 36.8 cm³/mol. The number of benzene rings is 1. The van der Waals surface area contributed by atoms with Gasteiger partial charge in [-0.2, -0.15) is 4.90 Å². The van der Waals surface area contributed by atoms with E-state index in [1.165, 1.54) is 5.56 Å². The van der Waals surface area contributed by atoms with Crippen LogP contribution in [0.25, 0.3) is 0 Å². The van der Waals surface area contributed by atoms with Crippen molar-refractivity contribution in [3.05, 3.63) is 29.8 Å². The minimum Gasteiger partial charge on any atom is -0.780 e. The maximum atomic E-state index is 4.87. The average molecular weight is 174 g/mol. The second-order valence-electron chi connectivity index (χ2n) is 1.81. The molecule has 0 amide bonds. The van der Waals surface area contributed by atoms with Crippen LogP contribution in [0.2, 0.25) is 0 Å². The molecule has 0 atom stereocenters. The van der Waals surface area contributed by atoms with Crippen LogP contribution in [0.5, 0.6) is 0 Å². The standard InChI is InChI=1S/C7H8S.V/c1-6-2-4-7(8)5-3-6;/h2-5,8H,1H3;/p-1. The fourth-order valence-electron chi connectivity index (χ4n) is 0.538. The molecular weight excluding hydrogens is 167 g/mol. The van der Waals surface area contributed by atoms with Gasteiger partial charge in [0.1, 0.15) is 0 Å². The van der Waals surface area contributed by atoms with E-state index >= 15 is 0 Å². The van der Waals surface area contributed by atoms with E-state index in [0.29, 0.717) is 0 Å². The van der Waals surface area contributed by atoms with Gasteiger partial charge in [-0.3, -0.25) is 0 Å². The van der Waals surface area contributed by atoms with Gasteiger partial charge < -0.3 is 12.6 Å². The summed E-state index contributed by atoms with van der Waals surface area (Å²) < 4.78 is 0. The minimum atomic E-state index is 0. The Morgan fingerprint density at radius 1 is 1.11 bits per heavy atom. The largest absolute Gasteiger partial charge is 0.780 e. The number of aryl methyl sites for hydroxylation is 1. The summed E-state index contributed by atoms with van der Waals surface area (Å²) in [4.78, 5) is 0.913. The zero-order chi connectivity index (χ0) is 5.98. The molecule has 1 aromatic rings. The molecule has 0 aliphatic rings. The molecule has 47 valence electrons. The first-order chi connectivity index (χ1) is 3.79. The van der Waals surface area contributed by atoms with Gasteiger partial charge in [0, 0.05) is 18.6 Å². The van der Waals surface area contributed by atoms with E-state index in [-0.39, 0.29) is 18.6 Å². The SMILES string of the molecule is Cc1ccc([S-])cc1.[V]. The molecule has 1 radical (unpaired) electrons. The first-order valence-corrected chi connectivity index (χ1v) is 2.93. The van der Waals surface area contributed by atoms with E-state index in [1.807, 2.05) is 24.3 Å². The van der Waals surface area contributed by atoms with Gasteiger partial charge in [-0.25, -0.2) is 0 Å². The molecule has 0 heterocycles. The van der Waals surface area contributed by atoms with E-state index in [1.54, 1.807) is 0 Å². The van der Waals surface area contributed by atoms with Crippen molar-refractivity contribution in [3.8, 4) is 0 Å². The fraction of sp³-hybridized carbons (Fsp3) is 0.143. The zero-order valence-electron chi connectivity index (χ0n) is 5.16. The van der Waals surface area contributed by atoms with Gasteiger partial charge in [-0.05, 0) is 6.92 Å². The van der Waals surface area contributed by atoms with Crippen molar-refractivity contribution in [3.63, 3.8) is 0 Å². The van der Waals surface area contributed by atoms with Crippen LogP contribution in [0, 0.1) is 6.92 Å². The van der Waals surface area contributed by atoms with Gasteiger partial charge in [0.15, 0.2) is 0 Å². The molecule has 0 saturated heterocycles. The molecule has 2 heteroatoms. The fourth-order valence-corrected chi connectivity index (χ4v) is 0.674. The summed E-state index contributed by atoms with van der Waals surface area (Å²) in [7, 11) is 0. The Balaban J connectivity index is 0.000000640. The van der Waals surface area contributed by atoms with Crippen molar-refractivity contribution in [2.45, 2.75) is 11.8 Å². The van der Waals surface area contributed by atoms with Gasteiger partial charge >= 0.3 is 0 Å². The number of hydrogen-bond acceptors (Lipinski definition) is 1. The average Bonchev–Trinajstić information content (AvgIpc) is 1.77. The second-order valence-corrected chi connectivity index (χ2v) is 2.28. The molecule has 0 unspecified atom stereocenters. The molecule has 1 rings (SSSR count). The Labute approximate surface area is 73.0 Å². The Morgan fingerprint density at radius 2 is 1.56 bits per heavy atom. The van der Waals surface area contributed by atoms with E-state index in [0.717, 1.165) is 4.90 Å². The maximum Gasteiger partial charge on any atom is 0 e. The van der Waals surface area contributed by atoms with E-state index in [9.17, 15) is 0 Å². The predicted octanol–water partition coefficient (Wildman–Crippen LogP) is 1.90. The minimum absolute atomic E-state index is 0. The van der Waals surface area contributed by atoms with E-state index < -0.39 is 0 Å². The molecule has 0 fully saturated rings. The van der Waals surface area contributed by atoms with Crippen molar-refractivity contribution in [1.29, 1.82) is 0 Å². The Bertz CT molecular complexity index is 148. The molecule has 0 aliphatic heterocycles. The van der Waals surface area contributed by atoms with Gasteiger partial charge in [-0.15, -0.1) is 0 Å². The van der Waals surface area contributed by atoms with Gasteiger partial charge in [0.25, 0.3) is 0 Å². The molecular formula is C7H7SV-. The summed E-state index contributed by atoms with van der Waals surface area (Å²) in [5.74, 6) is 0. The first kappa shape index (κ1) is 9.02. The van der Waals surface area contributed by atoms with Crippen molar-refractivity contribution in [2.75, 3.05) is 0 Å². The third kappa shape index (κ3) is 2.90. The summed E-state index contributed by atoms with van der Waals surface area (Å²) in [5, 5.41) is 0. The van der Waals surface area contributed by atoms with Gasteiger partial charge in [0.05, 0.1) is 0 Å². The van der Waals surface area contributed by atoms with Crippen LogP contribution < -0.4 is 0 Å². The van der Waals surface area contributed by atoms with Crippen molar-refractivity contribution in [2.24, 2.45) is 0 Å². The van der Waals surface area contributed by atoms with Crippen molar-refractivity contribution >= 4 is 12.6 Å². The number of rotatable bonds is 0. The summed E-state index contributed by atoms with van der Waals surface area (Å²) in [6.07, 6.45) is 0. The van der Waals surface area contributed by atoms with Crippen LogP contribution in [-0.4, -0.2) is 0 Å². The Hall–Kier alpha value is 0.0244. The third-order valence-corrected chi connectivity index (χ3v) is 1.29. The summed E-state index contributed by atoms with van der Waals surface area (Å²) in [5.41, 5.74) is 1.26. The van der Waals surface area contributed by atoms with E-state index in [2.05, 4.69) is 6.92 Å². The zero-order valence-corrected chi connectivity index (χ0v) is 7.38. The van der Waals surface area contributed by atoms with Crippen LogP contribution in [0.4, 0.5) is 0 Å². The van der Waals surface area contributed by atoms with Gasteiger partial charge in [0.2, 0.25) is 0 Å². The second kappa shape index (κ2) is 3.94. The number of hydrogen-bond donors (Lipinski definition) is 0. The monoisotopic (exact) mass is 174 g/mol. The van der Waals surface area contributed by atoms with Crippen molar-refractivity contribution < 1.29 is 18.6 Å². The van der Waals surface area contributed by atoms with Crippen LogP contribution in [0.1, 0.15) is 5.56 Å². The van der Waals surface area contributed by atoms with Crippen LogP contribution in [0.3, 0.4) is 0 Å². The molecule has 0 N–H and O–H groups in total. The summed E-state index contributed by atoms with van der Waals surface area (Å²) in [6, 6.07) is 7.90. The molecule has 9 heavy (non-hydrogen) atoms. The van der Waals surface area contributed by atoms with Crippen LogP contribution in [0.15, 0.2) is 29.2 Å². The van der Waals surface area contributed by atoms with E-state index in [4.69, 9.17) is 12.6 Å². The quantitative estimate of drug-likeness (QED) is 0.541. The van der Waals surface area contributed by atoms with Crippen LogP contribution >= 0.6 is 0 Å². The Kier molecular flexibility index (Phi) is 3.95. The van der Waals surface area contributed by atoms with Crippen molar-refractivity contribution in [1.82, 2.24) is 0 Å². The molecule has 0 aromatic heterocycles. The maximum absolute atomic E-state index is 4.87. The molecule has 1 aromatic carbocycles. The molecule has 0 spiro atoms. The topological polar surface area (TPSA) is 0 Å². The Morgan fingerprint density at radius 3 is 1.89 bits per heavy atom. The first-order valence-electron chi connectivity index (χ1n) is 2.53. The van der Waals surface area contributed by atoms with Gasteiger partial charge in [-0.1, -0.05) is 29.8 Å². The molecule has 0 aliphatic carbocycles. The smallest absolute Gasteiger partial charge is 0 e. The molecule has 0 saturated carbocycles. The summed E-state index contributed by atoms with van der Waals surface area (Å²) in [6.45, 7) is 2.05. The normalized spacial score (nSPS) is 8.11. The van der Waals surface area contributed by atoms with Crippen LogP contribution in [-0.2, 0) is 31.2 Å². The molecule has 0 bridgehead atoms. The summed E-state index contributed by atoms with van der Waals surface area (Å²) >= 11 is 4.87.